The van der Waals surface area contributed by atoms with E-state index in [0.717, 1.165) is 6.42 Å². The van der Waals surface area contributed by atoms with Crippen molar-refractivity contribution < 1.29 is 19.4 Å². The second-order valence-electron chi connectivity index (χ2n) is 5.62. The van der Waals surface area contributed by atoms with Crippen LogP contribution in [-0.4, -0.2) is 34.8 Å². The number of nitrogens with one attached hydrogen (secondary N) is 1. The quantitative estimate of drug-likeness (QED) is 0.673. The van der Waals surface area contributed by atoms with E-state index in [1.807, 2.05) is 6.92 Å². The van der Waals surface area contributed by atoms with Gasteiger partial charge in [0.25, 0.3) is 0 Å². The van der Waals surface area contributed by atoms with Gasteiger partial charge in [0.15, 0.2) is 0 Å². The van der Waals surface area contributed by atoms with Crippen molar-refractivity contribution >= 4 is 16.9 Å². The highest BCUT2D eigenvalue weighted by molar-refractivity contribution is 5.99. The van der Waals surface area contributed by atoms with Gasteiger partial charge in [-0.1, -0.05) is 13.0 Å². The number of ether oxygens (including phenoxy) is 2. The summed E-state index contributed by atoms with van der Waals surface area (Å²) in [6, 6.07) is 10.6. The summed E-state index contributed by atoms with van der Waals surface area (Å²) >= 11 is 0. The lowest BCUT2D eigenvalue weighted by Crippen LogP contribution is -2.12. The average Bonchev–Trinajstić information content (AvgIpc) is 3.04. The number of aromatic amines is 1. The fourth-order valence-electron chi connectivity index (χ4n) is 2.72. The number of nitrogens with zero attached hydrogens (tertiary/aromatic N) is 1. The predicted molar refractivity (Wildman–Crippen MR) is 93.7 cm³/mol. The highest BCUT2D eigenvalue weighted by atomic mass is 16.5. The van der Waals surface area contributed by atoms with Crippen molar-refractivity contribution in [1.82, 2.24) is 9.97 Å². The van der Waals surface area contributed by atoms with Gasteiger partial charge in [0, 0.05) is 22.7 Å². The Hall–Kier alpha value is -2.86. The van der Waals surface area contributed by atoms with Crippen molar-refractivity contribution in [2.75, 3.05) is 13.7 Å². The van der Waals surface area contributed by atoms with Crippen LogP contribution in [0.3, 0.4) is 0 Å². The van der Waals surface area contributed by atoms with Crippen LogP contribution in [0.15, 0.2) is 42.6 Å². The standard InChI is InChI=1S/C19H20N2O4/c1-3-10-25-19(23)17-16(18(22)15-6-4-5-9-20-15)13-11-12(24-2)7-8-14(13)21-17/h4-9,11,18,21-22H,3,10H2,1-2H3. The van der Waals surface area contributed by atoms with Gasteiger partial charge < -0.3 is 19.6 Å². The molecule has 0 saturated carbocycles. The fraction of sp³-hybridized carbons (Fsp3) is 0.263. The Morgan fingerprint density at radius 2 is 2.16 bits per heavy atom. The summed E-state index contributed by atoms with van der Waals surface area (Å²) < 4.78 is 10.5. The van der Waals surface area contributed by atoms with Gasteiger partial charge in [-0.15, -0.1) is 0 Å². The second kappa shape index (κ2) is 7.36. The van der Waals surface area contributed by atoms with E-state index < -0.39 is 12.1 Å². The minimum absolute atomic E-state index is 0.231. The number of aromatic nitrogens is 2. The van der Waals surface area contributed by atoms with E-state index in [4.69, 9.17) is 9.47 Å². The highest BCUT2D eigenvalue weighted by Crippen LogP contribution is 2.34. The molecule has 0 aliphatic carbocycles. The first-order chi connectivity index (χ1) is 12.2. The van der Waals surface area contributed by atoms with Crippen molar-refractivity contribution in [2.45, 2.75) is 19.4 Å². The molecule has 2 heterocycles. The Labute approximate surface area is 145 Å². The molecule has 6 heteroatoms. The largest absolute Gasteiger partial charge is 0.497 e. The molecule has 0 aliphatic heterocycles. The summed E-state index contributed by atoms with van der Waals surface area (Å²) in [4.78, 5) is 19.7. The van der Waals surface area contributed by atoms with Crippen LogP contribution in [0, 0.1) is 0 Å². The van der Waals surface area contributed by atoms with Crippen molar-refractivity contribution in [3.63, 3.8) is 0 Å². The number of aliphatic hydroxyl groups excluding tert-OH is 1. The summed E-state index contributed by atoms with van der Waals surface area (Å²) in [5, 5.41) is 11.6. The Bertz CT molecular complexity index is 874. The number of pyridine rings is 1. The Morgan fingerprint density at radius 1 is 1.32 bits per heavy atom. The minimum atomic E-state index is -1.06. The third-order valence-electron chi connectivity index (χ3n) is 3.93. The van der Waals surface area contributed by atoms with Gasteiger partial charge in [-0.05, 0) is 36.8 Å². The number of methoxy groups -OCH3 is 1. The SMILES string of the molecule is CCCOC(=O)c1[nH]c2ccc(OC)cc2c1C(O)c1ccccn1. The van der Waals surface area contributed by atoms with Gasteiger partial charge in [0.05, 0.1) is 19.4 Å². The number of carbonyl (C=O) groups is 1. The van der Waals surface area contributed by atoms with Gasteiger partial charge in [0.1, 0.15) is 17.5 Å². The van der Waals surface area contributed by atoms with Crippen molar-refractivity contribution in [1.29, 1.82) is 0 Å². The predicted octanol–water partition coefficient (Wildman–Crippen LogP) is 3.22. The second-order valence-corrected chi connectivity index (χ2v) is 5.62. The van der Waals surface area contributed by atoms with Crippen LogP contribution in [0.1, 0.15) is 41.2 Å². The number of fused-ring (bicyclic) bond motifs is 1. The zero-order valence-corrected chi connectivity index (χ0v) is 14.2. The summed E-state index contributed by atoms with van der Waals surface area (Å²) in [5.41, 5.74) is 1.84. The van der Waals surface area contributed by atoms with Crippen molar-refractivity contribution in [3.05, 3.63) is 59.5 Å². The molecule has 0 spiro atoms. The van der Waals surface area contributed by atoms with Gasteiger partial charge in [-0.25, -0.2) is 4.79 Å². The number of carbonyl (C=O) groups excluding carboxylic acids is 1. The number of H-pyrrole nitrogens is 1. The molecule has 0 radical (unpaired) electrons. The number of esters is 1. The number of aliphatic hydroxyl groups is 1. The summed E-state index contributed by atoms with van der Waals surface area (Å²) in [5.74, 6) is 0.136. The third kappa shape index (κ3) is 3.34. The Morgan fingerprint density at radius 3 is 2.84 bits per heavy atom. The lowest BCUT2D eigenvalue weighted by Gasteiger charge is -2.12. The normalized spacial score (nSPS) is 12.1. The lowest BCUT2D eigenvalue weighted by molar-refractivity contribution is 0.0494. The fourth-order valence-corrected chi connectivity index (χ4v) is 2.72. The molecule has 0 amide bonds. The maximum absolute atomic E-state index is 12.5. The molecule has 1 atom stereocenters. The molecule has 0 saturated heterocycles. The topological polar surface area (TPSA) is 84.4 Å². The maximum atomic E-state index is 12.5. The Kier molecular flexibility index (Phi) is 5.00. The van der Waals surface area contributed by atoms with Crippen LogP contribution in [-0.2, 0) is 4.74 Å². The van der Waals surface area contributed by atoms with Crippen LogP contribution in [0.5, 0.6) is 5.75 Å². The first kappa shape index (κ1) is 17.0. The maximum Gasteiger partial charge on any atom is 0.355 e. The van der Waals surface area contributed by atoms with E-state index in [1.54, 1.807) is 49.7 Å². The van der Waals surface area contributed by atoms with Gasteiger partial charge >= 0.3 is 5.97 Å². The molecule has 2 aromatic heterocycles. The van der Waals surface area contributed by atoms with E-state index in [2.05, 4.69) is 9.97 Å². The zero-order valence-electron chi connectivity index (χ0n) is 14.2. The first-order valence-corrected chi connectivity index (χ1v) is 8.11. The first-order valence-electron chi connectivity index (χ1n) is 8.11. The van der Waals surface area contributed by atoms with Gasteiger partial charge in [-0.2, -0.15) is 0 Å². The number of hydrogen-bond donors (Lipinski definition) is 2. The zero-order chi connectivity index (χ0) is 17.8. The van der Waals surface area contributed by atoms with Crippen LogP contribution in [0.2, 0.25) is 0 Å². The van der Waals surface area contributed by atoms with Crippen LogP contribution in [0.25, 0.3) is 10.9 Å². The van der Waals surface area contributed by atoms with E-state index in [1.165, 1.54) is 0 Å². The molecule has 0 aliphatic rings. The molecule has 25 heavy (non-hydrogen) atoms. The minimum Gasteiger partial charge on any atom is -0.497 e. The van der Waals surface area contributed by atoms with Crippen LogP contribution in [0.4, 0.5) is 0 Å². The molecular formula is C19H20N2O4. The van der Waals surface area contributed by atoms with Crippen molar-refractivity contribution in [3.8, 4) is 5.75 Å². The van der Waals surface area contributed by atoms with Crippen LogP contribution >= 0.6 is 0 Å². The van der Waals surface area contributed by atoms with E-state index in [0.29, 0.717) is 34.5 Å². The summed E-state index contributed by atoms with van der Waals surface area (Å²) in [7, 11) is 1.57. The summed E-state index contributed by atoms with van der Waals surface area (Å²) in [6.07, 6.45) is 1.26. The van der Waals surface area contributed by atoms with E-state index in [9.17, 15) is 9.90 Å². The van der Waals surface area contributed by atoms with Gasteiger partial charge in [-0.3, -0.25) is 4.98 Å². The summed E-state index contributed by atoms with van der Waals surface area (Å²) in [6.45, 7) is 2.24. The monoisotopic (exact) mass is 340 g/mol. The molecule has 130 valence electrons. The average molecular weight is 340 g/mol. The molecule has 2 N–H and O–H groups in total. The smallest absolute Gasteiger partial charge is 0.355 e. The van der Waals surface area contributed by atoms with Crippen molar-refractivity contribution in [2.24, 2.45) is 0 Å². The molecule has 1 unspecified atom stereocenters. The molecule has 0 bridgehead atoms. The van der Waals surface area contributed by atoms with Crippen LogP contribution < -0.4 is 4.74 Å². The highest BCUT2D eigenvalue weighted by Gasteiger charge is 2.26. The van der Waals surface area contributed by atoms with E-state index in [-0.39, 0.29) is 5.69 Å². The number of hydrogen-bond acceptors (Lipinski definition) is 5. The number of benzene rings is 1. The molecule has 1 aromatic carbocycles. The van der Waals surface area contributed by atoms with E-state index >= 15 is 0 Å². The Balaban J connectivity index is 2.16. The number of rotatable bonds is 6. The molecule has 6 nitrogen and oxygen atoms in total. The lowest BCUT2D eigenvalue weighted by atomic mass is 10.0. The molecule has 3 aromatic rings. The van der Waals surface area contributed by atoms with Gasteiger partial charge in [0.2, 0.25) is 0 Å². The molecule has 0 fully saturated rings. The third-order valence-corrected chi connectivity index (χ3v) is 3.93. The molecule has 3 rings (SSSR count). The molecular weight excluding hydrogens is 320 g/mol.